The van der Waals surface area contributed by atoms with Gasteiger partial charge >= 0.3 is 12.0 Å². The molecule has 1 saturated carbocycles. The van der Waals surface area contributed by atoms with Crippen molar-refractivity contribution >= 4 is 17.6 Å². The van der Waals surface area contributed by atoms with E-state index in [1.54, 1.807) is 9.80 Å². The average Bonchev–Trinajstić information content (AvgIpc) is 3.15. The number of rotatable bonds is 8. The Hall–Kier alpha value is -3.36. The largest absolute Gasteiger partial charge is 0.494 e. The first kappa shape index (κ1) is 23.8. The minimum absolute atomic E-state index is 0.0529. The fraction of sp³-hybridized carbons (Fsp3) is 0.520. The zero-order valence-corrected chi connectivity index (χ0v) is 20.1. The highest BCUT2D eigenvalue weighted by molar-refractivity contribution is 5.96. The molecule has 1 saturated heterocycles. The van der Waals surface area contributed by atoms with Crippen molar-refractivity contribution in [2.45, 2.75) is 58.6 Å². The Balaban J connectivity index is 1.21. The van der Waals surface area contributed by atoms with E-state index in [-0.39, 0.29) is 30.6 Å². The van der Waals surface area contributed by atoms with Crippen LogP contribution in [0.5, 0.6) is 11.8 Å². The third-order valence-corrected chi connectivity index (χ3v) is 6.16. The van der Waals surface area contributed by atoms with Gasteiger partial charge in [0.2, 0.25) is 5.91 Å². The van der Waals surface area contributed by atoms with Crippen molar-refractivity contribution in [3.8, 4) is 11.8 Å². The summed E-state index contributed by atoms with van der Waals surface area (Å²) >= 11 is 0. The minimum atomic E-state index is -0.148. The maximum absolute atomic E-state index is 12.8. The summed E-state index contributed by atoms with van der Waals surface area (Å²) in [5.74, 6) is 0.652. The molecular weight excluding hydrogens is 434 g/mol. The van der Waals surface area contributed by atoms with Crippen LogP contribution in [0, 0.1) is 13.8 Å². The summed E-state index contributed by atoms with van der Waals surface area (Å²) in [4.78, 5) is 37.4. The van der Waals surface area contributed by atoms with Gasteiger partial charge in [0, 0.05) is 36.2 Å². The van der Waals surface area contributed by atoms with E-state index in [0.717, 1.165) is 48.5 Å². The molecule has 34 heavy (non-hydrogen) atoms. The molecule has 1 aromatic carbocycles. The molecule has 2 aromatic rings. The maximum atomic E-state index is 12.8. The Morgan fingerprint density at radius 2 is 1.74 bits per heavy atom. The van der Waals surface area contributed by atoms with Gasteiger partial charge in [-0.2, -0.15) is 0 Å². The second-order valence-corrected chi connectivity index (χ2v) is 8.87. The highest BCUT2D eigenvalue weighted by Crippen LogP contribution is 2.24. The van der Waals surface area contributed by atoms with Crippen LogP contribution in [0.3, 0.4) is 0 Å². The molecule has 9 heteroatoms. The van der Waals surface area contributed by atoms with Gasteiger partial charge in [-0.3, -0.25) is 9.69 Å². The van der Waals surface area contributed by atoms with Crippen LogP contribution in [0.4, 0.5) is 10.5 Å². The quantitative estimate of drug-likeness (QED) is 0.640. The van der Waals surface area contributed by atoms with Gasteiger partial charge < -0.3 is 19.7 Å². The summed E-state index contributed by atoms with van der Waals surface area (Å²) in [7, 11) is 0. The van der Waals surface area contributed by atoms with Gasteiger partial charge in [0.15, 0.2) is 0 Å². The lowest BCUT2D eigenvalue weighted by Crippen LogP contribution is -2.45. The minimum Gasteiger partial charge on any atom is -0.494 e. The van der Waals surface area contributed by atoms with Crippen LogP contribution in [-0.2, 0) is 4.79 Å². The number of hydrogen-bond acceptors (Lipinski definition) is 6. The molecule has 1 aliphatic heterocycles. The normalized spacial score (nSPS) is 20.4. The number of anilines is 1. The molecule has 9 nitrogen and oxygen atoms in total. The molecule has 0 spiro atoms. The Morgan fingerprint density at radius 1 is 1.06 bits per heavy atom. The molecule has 0 radical (unpaired) electrons. The third-order valence-electron chi connectivity index (χ3n) is 6.16. The lowest BCUT2D eigenvalue weighted by Gasteiger charge is -2.29. The Morgan fingerprint density at radius 3 is 2.38 bits per heavy atom. The van der Waals surface area contributed by atoms with Crippen molar-refractivity contribution in [2.75, 3.05) is 31.1 Å². The monoisotopic (exact) mass is 467 g/mol. The van der Waals surface area contributed by atoms with E-state index >= 15 is 0 Å². The lowest BCUT2D eigenvalue weighted by molar-refractivity contribution is -0.122. The molecule has 2 heterocycles. The van der Waals surface area contributed by atoms with Crippen molar-refractivity contribution < 1.29 is 19.1 Å². The first-order chi connectivity index (χ1) is 16.4. The highest BCUT2D eigenvalue weighted by Gasteiger charge is 2.32. The van der Waals surface area contributed by atoms with Crippen LogP contribution >= 0.6 is 0 Å². The molecule has 3 amide bonds. The lowest BCUT2D eigenvalue weighted by atomic mass is 9.93. The second-order valence-electron chi connectivity index (χ2n) is 8.87. The van der Waals surface area contributed by atoms with Gasteiger partial charge in [0.05, 0.1) is 6.61 Å². The summed E-state index contributed by atoms with van der Waals surface area (Å²) in [6.07, 6.45) is 3.36. The summed E-state index contributed by atoms with van der Waals surface area (Å²) < 4.78 is 11.4. The van der Waals surface area contributed by atoms with E-state index in [2.05, 4.69) is 15.3 Å². The smallest absolute Gasteiger partial charge is 0.325 e. The number of nitrogens with zero attached hydrogens (tertiary/aromatic N) is 4. The number of amides is 3. The number of nitrogens with one attached hydrogen (secondary N) is 1. The van der Waals surface area contributed by atoms with Crippen LogP contribution in [0.25, 0.3) is 0 Å². The fourth-order valence-corrected chi connectivity index (χ4v) is 4.52. The standard InChI is InChI=1S/C25H33N5O4/c1-4-33-21-11-7-20(8-12-21)30-14-13-29(25(30)32)16-23(31)28-19-5-9-22(10-6-19)34-24-26-17(2)15-18(3)27-24/h7-8,11-12,15,19,22H,4-6,9-10,13-14,16H2,1-3H3,(H,28,31). The SMILES string of the molecule is CCOc1ccc(N2CCN(CC(=O)NC3CCC(Oc4nc(C)cc(C)n4)CC3)C2=O)cc1. The first-order valence-corrected chi connectivity index (χ1v) is 12.0. The summed E-state index contributed by atoms with van der Waals surface area (Å²) in [6.45, 7) is 7.53. The number of aryl methyl sites for hydroxylation is 2. The van der Waals surface area contributed by atoms with Crippen molar-refractivity contribution in [3.05, 3.63) is 41.7 Å². The molecule has 0 bridgehead atoms. The molecule has 0 atom stereocenters. The highest BCUT2D eigenvalue weighted by atomic mass is 16.5. The van der Waals surface area contributed by atoms with Crippen LogP contribution in [-0.4, -0.2) is 65.2 Å². The Labute approximate surface area is 200 Å². The first-order valence-electron chi connectivity index (χ1n) is 12.0. The number of urea groups is 1. The molecular formula is C25H33N5O4. The van der Waals surface area contributed by atoms with E-state index in [0.29, 0.717) is 25.7 Å². The molecule has 2 aliphatic rings. The number of ether oxygens (including phenoxy) is 2. The van der Waals surface area contributed by atoms with E-state index in [1.807, 2.05) is 51.1 Å². The van der Waals surface area contributed by atoms with Crippen molar-refractivity contribution in [3.63, 3.8) is 0 Å². The Bertz CT molecular complexity index is 985. The van der Waals surface area contributed by atoms with Gasteiger partial charge in [0.1, 0.15) is 18.4 Å². The van der Waals surface area contributed by atoms with E-state index in [1.165, 1.54) is 0 Å². The van der Waals surface area contributed by atoms with Crippen LogP contribution in [0.1, 0.15) is 44.0 Å². The number of aromatic nitrogens is 2. The molecule has 1 aromatic heterocycles. The summed E-state index contributed by atoms with van der Waals surface area (Å²) in [5.41, 5.74) is 2.59. The third kappa shape index (κ3) is 5.95. The summed E-state index contributed by atoms with van der Waals surface area (Å²) in [6, 6.07) is 9.74. The van der Waals surface area contributed by atoms with Crippen molar-refractivity contribution in [1.29, 1.82) is 0 Å². The average molecular weight is 468 g/mol. The number of carbonyl (C=O) groups excluding carboxylic acids is 2. The van der Waals surface area contributed by atoms with E-state index < -0.39 is 0 Å². The molecule has 2 fully saturated rings. The topological polar surface area (TPSA) is 96.9 Å². The van der Waals surface area contributed by atoms with E-state index in [9.17, 15) is 9.59 Å². The van der Waals surface area contributed by atoms with Gasteiger partial charge in [0.25, 0.3) is 0 Å². The molecule has 4 rings (SSSR count). The van der Waals surface area contributed by atoms with Crippen LogP contribution in [0.2, 0.25) is 0 Å². The van der Waals surface area contributed by atoms with Crippen LogP contribution in [0.15, 0.2) is 30.3 Å². The predicted octanol–water partition coefficient (Wildman–Crippen LogP) is 3.24. The number of carbonyl (C=O) groups is 2. The molecule has 1 N–H and O–H groups in total. The van der Waals surface area contributed by atoms with Gasteiger partial charge in [-0.15, -0.1) is 0 Å². The molecule has 182 valence electrons. The fourth-order valence-electron chi connectivity index (χ4n) is 4.52. The second kappa shape index (κ2) is 10.7. The van der Waals surface area contributed by atoms with E-state index in [4.69, 9.17) is 9.47 Å². The summed E-state index contributed by atoms with van der Waals surface area (Å²) in [5, 5.41) is 3.09. The predicted molar refractivity (Wildman–Crippen MR) is 128 cm³/mol. The zero-order valence-electron chi connectivity index (χ0n) is 20.1. The molecule has 1 aliphatic carbocycles. The molecule has 0 unspecified atom stereocenters. The van der Waals surface area contributed by atoms with Crippen LogP contribution < -0.4 is 19.7 Å². The Kier molecular flexibility index (Phi) is 7.49. The van der Waals surface area contributed by atoms with Gasteiger partial charge in [-0.1, -0.05) is 0 Å². The maximum Gasteiger partial charge on any atom is 0.325 e. The van der Waals surface area contributed by atoms with Gasteiger partial charge in [-0.05, 0) is 76.8 Å². The van der Waals surface area contributed by atoms with Crippen molar-refractivity contribution in [2.24, 2.45) is 0 Å². The number of benzene rings is 1. The van der Waals surface area contributed by atoms with Crippen molar-refractivity contribution in [1.82, 2.24) is 20.2 Å². The zero-order chi connectivity index (χ0) is 24.1. The van der Waals surface area contributed by atoms with Gasteiger partial charge in [-0.25, -0.2) is 14.8 Å². The number of hydrogen-bond donors (Lipinski definition) is 1.